The maximum absolute atomic E-state index is 4.60. The van der Waals surface area contributed by atoms with E-state index in [4.69, 9.17) is 0 Å². The lowest BCUT2D eigenvalue weighted by atomic mass is 9.94. The molecule has 0 aromatic carbocycles. The van der Waals surface area contributed by atoms with Crippen LogP contribution in [0.4, 0.5) is 0 Å². The van der Waals surface area contributed by atoms with Crippen LogP contribution < -0.4 is 5.32 Å². The van der Waals surface area contributed by atoms with Crippen LogP contribution in [0.15, 0.2) is 5.38 Å². The molecule has 2 heterocycles. The molecule has 0 spiro atoms. The highest BCUT2D eigenvalue weighted by atomic mass is 32.1. The normalized spacial score (nSPS) is 26.3. The van der Waals surface area contributed by atoms with Gasteiger partial charge in [0, 0.05) is 24.5 Å². The molecular weight excluding hydrogens is 230 g/mol. The Hall–Kier alpha value is -0.450. The van der Waals surface area contributed by atoms with Crippen molar-refractivity contribution < 1.29 is 0 Å². The Balaban J connectivity index is 1.81. The molecule has 3 nitrogen and oxygen atoms in total. The molecule has 2 unspecified atom stereocenters. The summed E-state index contributed by atoms with van der Waals surface area (Å²) in [6, 6.07) is 0.651. The van der Waals surface area contributed by atoms with Gasteiger partial charge in [-0.05, 0) is 32.4 Å². The number of nitrogens with zero attached hydrogens (tertiary/aromatic N) is 2. The molecule has 0 aliphatic carbocycles. The number of aryl methyl sites for hydroxylation is 1. The van der Waals surface area contributed by atoms with Gasteiger partial charge in [0.2, 0.25) is 0 Å². The number of likely N-dealkylation sites (tertiary alicyclic amines) is 1. The maximum atomic E-state index is 4.60. The summed E-state index contributed by atoms with van der Waals surface area (Å²) < 4.78 is 0. The Morgan fingerprint density at radius 2 is 2.41 bits per heavy atom. The van der Waals surface area contributed by atoms with E-state index in [9.17, 15) is 0 Å². The van der Waals surface area contributed by atoms with Crippen molar-refractivity contribution in [2.75, 3.05) is 20.1 Å². The predicted molar refractivity (Wildman–Crippen MR) is 73.4 cm³/mol. The molecule has 1 aromatic rings. The summed E-state index contributed by atoms with van der Waals surface area (Å²) in [7, 11) is 2.21. The number of rotatable bonds is 4. The monoisotopic (exact) mass is 253 g/mol. The zero-order chi connectivity index (χ0) is 12.3. The molecule has 1 aromatic heterocycles. The van der Waals surface area contributed by atoms with E-state index in [1.807, 2.05) is 0 Å². The number of hydrogen-bond donors (Lipinski definition) is 1. The second kappa shape index (κ2) is 5.94. The Morgan fingerprint density at radius 1 is 1.59 bits per heavy atom. The first-order valence-electron chi connectivity index (χ1n) is 6.54. The summed E-state index contributed by atoms with van der Waals surface area (Å²) in [4.78, 5) is 7.02. The van der Waals surface area contributed by atoms with Crippen LogP contribution in [0, 0.1) is 5.92 Å². The van der Waals surface area contributed by atoms with Gasteiger partial charge in [0.05, 0.1) is 10.7 Å². The van der Waals surface area contributed by atoms with Gasteiger partial charge in [0.25, 0.3) is 0 Å². The van der Waals surface area contributed by atoms with E-state index >= 15 is 0 Å². The average molecular weight is 253 g/mol. The van der Waals surface area contributed by atoms with Crippen molar-refractivity contribution in [1.29, 1.82) is 0 Å². The summed E-state index contributed by atoms with van der Waals surface area (Å²) >= 11 is 1.78. The van der Waals surface area contributed by atoms with Crippen LogP contribution >= 0.6 is 11.3 Å². The van der Waals surface area contributed by atoms with Crippen molar-refractivity contribution in [1.82, 2.24) is 15.2 Å². The van der Waals surface area contributed by atoms with E-state index in [1.165, 1.54) is 30.2 Å². The predicted octanol–water partition coefficient (Wildman–Crippen LogP) is 2.14. The molecule has 2 atom stereocenters. The van der Waals surface area contributed by atoms with Crippen LogP contribution in [0.2, 0.25) is 0 Å². The summed E-state index contributed by atoms with van der Waals surface area (Å²) in [5.41, 5.74) is 1.21. The Labute approximate surface area is 108 Å². The molecule has 1 aliphatic rings. The van der Waals surface area contributed by atoms with Crippen LogP contribution in [0.5, 0.6) is 0 Å². The third-order valence-electron chi connectivity index (χ3n) is 3.56. The van der Waals surface area contributed by atoms with E-state index in [1.54, 1.807) is 11.3 Å². The van der Waals surface area contributed by atoms with Gasteiger partial charge in [0.15, 0.2) is 0 Å². The van der Waals surface area contributed by atoms with Crippen LogP contribution in [0.25, 0.3) is 0 Å². The van der Waals surface area contributed by atoms with Crippen LogP contribution in [-0.4, -0.2) is 36.1 Å². The van der Waals surface area contributed by atoms with Gasteiger partial charge in [-0.2, -0.15) is 0 Å². The van der Waals surface area contributed by atoms with Crippen LogP contribution in [0.3, 0.4) is 0 Å². The first-order valence-corrected chi connectivity index (χ1v) is 7.42. The highest BCUT2D eigenvalue weighted by Crippen LogP contribution is 2.16. The van der Waals surface area contributed by atoms with Crippen molar-refractivity contribution in [3.8, 4) is 0 Å². The fraction of sp³-hybridized carbons (Fsp3) is 0.769. The molecule has 0 bridgehead atoms. The largest absolute Gasteiger partial charge is 0.308 e. The first kappa shape index (κ1) is 13.0. The van der Waals surface area contributed by atoms with E-state index in [0.29, 0.717) is 6.04 Å². The van der Waals surface area contributed by atoms with Crippen molar-refractivity contribution in [2.45, 2.75) is 39.3 Å². The van der Waals surface area contributed by atoms with E-state index in [2.05, 4.69) is 41.5 Å². The first-order chi connectivity index (χ1) is 8.19. The van der Waals surface area contributed by atoms with Gasteiger partial charge >= 0.3 is 0 Å². The second-order valence-electron chi connectivity index (χ2n) is 5.10. The minimum absolute atomic E-state index is 0.651. The zero-order valence-electron chi connectivity index (χ0n) is 11.1. The minimum Gasteiger partial charge on any atom is -0.308 e. The Kier molecular flexibility index (Phi) is 4.54. The van der Waals surface area contributed by atoms with E-state index in [-0.39, 0.29) is 0 Å². The Bertz CT molecular complexity index is 350. The molecule has 96 valence electrons. The molecule has 0 saturated carbocycles. The molecule has 2 rings (SSSR count). The van der Waals surface area contributed by atoms with Crippen LogP contribution in [-0.2, 0) is 13.0 Å². The average Bonchev–Trinajstić information content (AvgIpc) is 2.76. The second-order valence-corrected chi connectivity index (χ2v) is 6.04. The summed E-state index contributed by atoms with van der Waals surface area (Å²) in [5, 5.41) is 7.10. The van der Waals surface area contributed by atoms with Gasteiger partial charge in [-0.15, -0.1) is 11.3 Å². The van der Waals surface area contributed by atoms with Gasteiger partial charge in [-0.1, -0.05) is 13.8 Å². The molecule has 1 aliphatic heterocycles. The number of hydrogen-bond acceptors (Lipinski definition) is 4. The summed E-state index contributed by atoms with van der Waals surface area (Å²) in [6.07, 6.45) is 2.30. The minimum atomic E-state index is 0.651. The Morgan fingerprint density at radius 3 is 3.06 bits per heavy atom. The zero-order valence-corrected chi connectivity index (χ0v) is 11.9. The SMILES string of the molecule is CCc1nc(CNC2CCN(C)CC2C)cs1. The fourth-order valence-corrected chi connectivity index (χ4v) is 3.23. The van der Waals surface area contributed by atoms with Crippen molar-refractivity contribution in [3.05, 3.63) is 16.1 Å². The smallest absolute Gasteiger partial charge is 0.0926 e. The van der Waals surface area contributed by atoms with Gasteiger partial charge in [0.1, 0.15) is 0 Å². The number of aromatic nitrogens is 1. The lowest BCUT2D eigenvalue weighted by Crippen LogP contribution is -2.46. The highest BCUT2D eigenvalue weighted by molar-refractivity contribution is 7.09. The quantitative estimate of drug-likeness (QED) is 0.891. The summed E-state index contributed by atoms with van der Waals surface area (Å²) in [6.45, 7) is 7.84. The lowest BCUT2D eigenvalue weighted by molar-refractivity contribution is 0.174. The molecular formula is C13H23N3S. The van der Waals surface area contributed by atoms with Crippen molar-refractivity contribution >= 4 is 11.3 Å². The molecule has 17 heavy (non-hydrogen) atoms. The number of nitrogens with one attached hydrogen (secondary N) is 1. The number of thiazole rings is 1. The molecule has 1 saturated heterocycles. The highest BCUT2D eigenvalue weighted by Gasteiger charge is 2.23. The van der Waals surface area contributed by atoms with Gasteiger partial charge < -0.3 is 10.2 Å². The van der Waals surface area contributed by atoms with Gasteiger partial charge in [-0.3, -0.25) is 0 Å². The van der Waals surface area contributed by atoms with Crippen molar-refractivity contribution in [2.24, 2.45) is 5.92 Å². The third-order valence-corrected chi connectivity index (χ3v) is 4.60. The van der Waals surface area contributed by atoms with E-state index in [0.717, 1.165) is 18.9 Å². The fourth-order valence-electron chi connectivity index (χ4n) is 2.49. The standard InChI is InChI=1S/C13H23N3S/c1-4-13-15-11(9-17-13)7-14-12-5-6-16(3)8-10(12)2/h9-10,12,14H,4-8H2,1-3H3. The van der Waals surface area contributed by atoms with E-state index < -0.39 is 0 Å². The molecule has 1 N–H and O–H groups in total. The lowest BCUT2D eigenvalue weighted by Gasteiger charge is -2.35. The molecule has 0 radical (unpaired) electrons. The molecule has 0 amide bonds. The third kappa shape index (κ3) is 3.50. The van der Waals surface area contributed by atoms with Gasteiger partial charge in [-0.25, -0.2) is 4.98 Å². The molecule has 1 fully saturated rings. The maximum Gasteiger partial charge on any atom is 0.0926 e. The molecule has 4 heteroatoms. The summed E-state index contributed by atoms with van der Waals surface area (Å²) in [5.74, 6) is 0.734. The number of piperidine rings is 1. The van der Waals surface area contributed by atoms with Crippen LogP contribution in [0.1, 0.15) is 31.0 Å². The topological polar surface area (TPSA) is 28.2 Å². The van der Waals surface area contributed by atoms with Crippen molar-refractivity contribution in [3.63, 3.8) is 0 Å².